The van der Waals surface area contributed by atoms with Crippen LogP contribution in [0, 0.1) is 47.3 Å². The molecule has 10 atom stereocenters. The van der Waals surface area contributed by atoms with Crippen LogP contribution in [0.4, 0.5) is 0 Å². The third-order valence-electron chi connectivity index (χ3n) is 19.8. The molecule has 2 saturated heterocycles. The molecule has 2 heterocycles. The van der Waals surface area contributed by atoms with Crippen LogP contribution >= 0.6 is 0 Å². The van der Waals surface area contributed by atoms with Crippen LogP contribution in [0.25, 0.3) is 0 Å². The van der Waals surface area contributed by atoms with Gasteiger partial charge in [0.25, 0.3) is 0 Å². The molecule has 0 aromatic rings. The first-order valence-corrected chi connectivity index (χ1v) is 35.7. The third kappa shape index (κ3) is 36.3. The Morgan fingerprint density at radius 2 is 0.519 bits per heavy atom. The Morgan fingerprint density at radius 1 is 0.304 bits per heavy atom. The van der Waals surface area contributed by atoms with Crippen LogP contribution in [-0.2, 0) is 33.3 Å². The fourth-order valence-corrected chi connectivity index (χ4v) is 13.1. The number of carbonyl (C=O) groups excluding carboxylic acids is 2. The fourth-order valence-electron chi connectivity index (χ4n) is 13.1. The van der Waals surface area contributed by atoms with Crippen molar-refractivity contribution < 1.29 is 33.3 Å². The molecule has 2 aliphatic rings. The molecule has 468 valence electrons. The molecule has 0 bridgehead atoms. The number of unbranched alkanes of at least 4 members (excludes halogenated alkanes) is 36. The Morgan fingerprint density at radius 3 is 0.747 bits per heavy atom. The highest BCUT2D eigenvalue weighted by Crippen LogP contribution is 2.41. The number of hydrogen-bond donors (Lipinski definition) is 0. The van der Waals surface area contributed by atoms with Crippen LogP contribution in [0.1, 0.15) is 365 Å². The first-order valence-electron chi connectivity index (χ1n) is 35.7. The molecule has 0 aromatic carbocycles. The Labute approximate surface area is 493 Å². The number of esters is 2. The molecule has 2 fully saturated rings. The van der Waals surface area contributed by atoms with Gasteiger partial charge in [0.1, 0.15) is 13.2 Å². The molecule has 79 heavy (non-hydrogen) atoms. The summed E-state index contributed by atoms with van der Waals surface area (Å²) >= 11 is 0. The maximum Gasteiger partial charge on any atom is 0.306 e. The van der Waals surface area contributed by atoms with Crippen molar-refractivity contribution in [3.8, 4) is 0 Å². The third-order valence-corrected chi connectivity index (χ3v) is 19.8. The van der Waals surface area contributed by atoms with E-state index in [4.69, 9.17) is 23.7 Å². The lowest BCUT2D eigenvalue weighted by molar-refractivity contribution is -0.344. The van der Waals surface area contributed by atoms with Gasteiger partial charge in [-0.05, 0) is 61.2 Å². The average molecular weight is 1120 g/mol. The summed E-state index contributed by atoms with van der Waals surface area (Å²) in [7, 11) is 0. The second kappa shape index (κ2) is 50.2. The summed E-state index contributed by atoms with van der Waals surface area (Å²) in [6.45, 7) is 23.2. The molecule has 4 unspecified atom stereocenters. The van der Waals surface area contributed by atoms with E-state index < -0.39 is 12.6 Å². The Hall–Kier alpha value is -1.18. The van der Waals surface area contributed by atoms with Gasteiger partial charge in [-0.15, -0.1) is 0 Å². The zero-order valence-corrected chi connectivity index (χ0v) is 54.7. The maximum atomic E-state index is 13.7. The first kappa shape index (κ1) is 73.9. The van der Waals surface area contributed by atoms with Crippen molar-refractivity contribution in [3.05, 3.63) is 0 Å². The second-order valence-corrected chi connectivity index (χ2v) is 26.8. The van der Waals surface area contributed by atoms with Crippen LogP contribution in [0.5, 0.6) is 0 Å². The van der Waals surface area contributed by atoms with Crippen LogP contribution in [-0.4, -0.2) is 49.9 Å². The van der Waals surface area contributed by atoms with E-state index in [1.165, 1.54) is 257 Å². The number of rotatable bonds is 54. The van der Waals surface area contributed by atoms with Gasteiger partial charge in [-0.25, -0.2) is 0 Å². The smallest absolute Gasteiger partial charge is 0.306 e. The Bertz CT molecular complexity index is 1220. The van der Waals surface area contributed by atoms with Crippen molar-refractivity contribution in [2.75, 3.05) is 13.2 Å². The molecule has 0 aliphatic carbocycles. The topological polar surface area (TPSA) is 80.3 Å². The molecule has 0 aromatic heterocycles. The zero-order valence-electron chi connectivity index (χ0n) is 54.7. The highest BCUT2D eigenvalue weighted by atomic mass is 16.8. The number of ether oxygens (including phenoxy) is 5. The quantitative estimate of drug-likeness (QED) is 0.0443. The van der Waals surface area contributed by atoms with E-state index >= 15 is 0 Å². The van der Waals surface area contributed by atoms with E-state index in [0.29, 0.717) is 36.5 Å². The van der Waals surface area contributed by atoms with Gasteiger partial charge in [-0.1, -0.05) is 326 Å². The summed E-state index contributed by atoms with van der Waals surface area (Å²) in [5, 5.41) is 0. The Balaban J connectivity index is 1.95. The van der Waals surface area contributed by atoms with Crippen molar-refractivity contribution in [2.45, 2.75) is 389 Å². The van der Waals surface area contributed by atoms with Crippen molar-refractivity contribution >= 4 is 11.9 Å². The van der Waals surface area contributed by atoms with Gasteiger partial charge < -0.3 is 23.7 Å². The summed E-state index contributed by atoms with van der Waals surface area (Å²) in [6.07, 6.45) is 57.5. The molecule has 2 aliphatic heterocycles. The van der Waals surface area contributed by atoms with Crippen LogP contribution in [0.3, 0.4) is 0 Å². The van der Waals surface area contributed by atoms with Crippen LogP contribution in [0.2, 0.25) is 0 Å². The molecule has 0 radical (unpaired) electrons. The number of hydrogen-bond acceptors (Lipinski definition) is 7. The lowest BCUT2D eigenvalue weighted by Crippen LogP contribution is -2.53. The molecule has 0 saturated carbocycles. The molecule has 0 spiro atoms. The minimum absolute atomic E-state index is 0.0722. The molecule has 0 N–H and O–H groups in total. The summed E-state index contributed by atoms with van der Waals surface area (Å²) in [5.74, 6) is 1.96. The molecule has 7 heteroatoms. The highest BCUT2D eigenvalue weighted by Gasteiger charge is 2.46. The minimum Gasteiger partial charge on any atom is -0.463 e. The molecule has 2 rings (SSSR count). The van der Waals surface area contributed by atoms with Gasteiger partial charge in [0.05, 0.1) is 12.2 Å². The normalized spacial score (nSPS) is 23.5. The van der Waals surface area contributed by atoms with E-state index in [2.05, 4.69) is 69.2 Å². The summed E-state index contributed by atoms with van der Waals surface area (Å²) < 4.78 is 32.8. The monoisotopic (exact) mass is 1120 g/mol. The van der Waals surface area contributed by atoms with Gasteiger partial charge in [0.15, 0.2) is 12.6 Å². The summed E-state index contributed by atoms with van der Waals surface area (Å²) in [5.41, 5.74) is 0. The predicted molar refractivity (Wildman–Crippen MR) is 337 cm³/mol. The lowest BCUT2D eigenvalue weighted by Gasteiger charge is -2.48. The first-order chi connectivity index (χ1) is 38.5. The van der Waals surface area contributed by atoms with Crippen LogP contribution < -0.4 is 0 Å². The largest absolute Gasteiger partial charge is 0.463 e. The standard InChI is InChI=1S/C72H138O7/c1-11-15-19-23-27-31-35-39-43-47-51-65(52-48-44-40-36-32-28-24-20-16-12-2)55-69(73)75-57-67-61(7)59(5)63(9)71(77-67)79-72-64(10)60(6)62(8)68(78-72)58-76-70(74)56-66(53-49-45-41-37-33-29-25-21-17-13-3)54-50-46-42-38-34-30-26-22-18-14-4/h59-68,71-72H,11-58H2,1-10H3/t59-,60-,61-,62-,63?,64?,67?,68?,71+,72+/m0/s1. The Kier molecular flexibility index (Phi) is 46.9. The van der Waals surface area contributed by atoms with Crippen molar-refractivity contribution in [1.82, 2.24) is 0 Å². The molecular weight excluding hydrogens is 977 g/mol. The van der Waals surface area contributed by atoms with E-state index in [-0.39, 0.29) is 61.0 Å². The second-order valence-electron chi connectivity index (χ2n) is 26.8. The van der Waals surface area contributed by atoms with Gasteiger partial charge in [-0.2, -0.15) is 0 Å². The van der Waals surface area contributed by atoms with E-state index in [1.54, 1.807) is 0 Å². The van der Waals surface area contributed by atoms with Crippen molar-refractivity contribution in [3.63, 3.8) is 0 Å². The van der Waals surface area contributed by atoms with Gasteiger partial charge in [0, 0.05) is 24.7 Å². The minimum atomic E-state index is -0.482. The number of carbonyl (C=O) groups is 2. The molecule has 7 nitrogen and oxygen atoms in total. The van der Waals surface area contributed by atoms with E-state index in [1.807, 2.05) is 0 Å². The maximum absolute atomic E-state index is 13.7. The van der Waals surface area contributed by atoms with Gasteiger partial charge in [0.2, 0.25) is 0 Å². The summed E-state index contributed by atoms with van der Waals surface area (Å²) in [4.78, 5) is 27.4. The van der Waals surface area contributed by atoms with Gasteiger partial charge in [-0.3, -0.25) is 9.59 Å². The van der Waals surface area contributed by atoms with E-state index in [9.17, 15) is 9.59 Å². The van der Waals surface area contributed by atoms with Crippen molar-refractivity contribution in [2.24, 2.45) is 47.3 Å². The van der Waals surface area contributed by atoms with E-state index in [0.717, 1.165) is 25.7 Å². The van der Waals surface area contributed by atoms with Gasteiger partial charge >= 0.3 is 11.9 Å². The highest BCUT2D eigenvalue weighted by molar-refractivity contribution is 5.70. The lowest BCUT2D eigenvalue weighted by atomic mass is 9.78. The fraction of sp³-hybridized carbons (Fsp3) is 0.972. The summed E-state index contributed by atoms with van der Waals surface area (Å²) in [6, 6.07) is 0. The van der Waals surface area contributed by atoms with Crippen LogP contribution in [0.15, 0.2) is 0 Å². The van der Waals surface area contributed by atoms with Crippen molar-refractivity contribution in [1.29, 1.82) is 0 Å². The molecular formula is C72H138O7. The SMILES string of the molecule is CCCCCCCCCCCCC(CCCCCCCCCCCC)CC(=O)OCC1O[C@H](O[C@H]2OC(COC(=O)CC(CCCCCCCCCCCC)CCCCCCCCCCCC)[C@@H](C)[C@H](C)C2C)C(C)[C@@H](C)[C@@H]1C. The molecule has 0 amide bonds. The average Bonchev–Trinajstić information content (AvgIpc) is 3.47. The zero-order chi connectivity index (χ0) is 57.6. The predicted octanol–water partition coefficient (Wildman–Crippen LogP) is 22.6.